The molecule has 0 N–H and O–H groups in total. The largest absolute Gasteiger partial charge is 0.299 e. The second-order valence-corrected chi connectivity index (χ2v) is 10.4. The van der Waals surface area contributed by atoms with Crippen molar-refractivity contribution in [2.45, 2.75) is 57.7 Å². The van der Waals surface area contributed by atoms with Gasteiger partial charge in [0, 0.05) is 19.5 Å². The summed E-state index contributed by atoms with van der Waals surface area (Å²) in [7, 11) is 0. The normalized spacial score (nSPS) is 19.7. The zero-order valence-electron chi connectivity index (χ0n) is 20.8. The van der Waals surface area contributed by atoms with Crippen LogP contribution in [-0.2, 0) is 24.3 Å². The van der Waals surface area contributed by atoms with Crippen LogP contribution in [0, 0.1) is 5.92 Å². The van der Waals surface area contributed by atoms with Gasteiger partial charge in [0.25, 0.3) is 0 Å². The SMILES string of the molecule is O=C(CCC1CCN(Cc2ccccc2)CC1)C1c2ccccc2CCCN1Cc1ccccc1. The number of Topliss-reactive ketones (excluding diaryl/α,β-unsaturated/α-hetero) is 1. The van der Waals surface area contributed by atoms with Gasteiger partial charge in [0.1, 0.15) is 0 Å². The van der Waals surface area contributed by atoms with Gasteiger partial charge >= 0.3 is 0 Å². The van der Waals surface area contributed by atoms with Crippen molar-refractivity contribution in [3.8, 4) is 0 Å². The number of benzene rings is 3. The maximum atomic E-state index is 13.8. The summed E-state index contributed by atoms with van der Waals surface area (Å²) in [5, 5.41) is 0. The maximum Gasteiger partial charge on any atom is 0.154 e. The van der Waals surface area contributed by atoms with Crippen LogP contribution in [0.15, 0.2) is 84.9 Å². The molecule has 0 aliphatic carbocycles. The zero-order chi connectivity index (χ0) is 23.9. The number of carbonyl (C=O) groups excluding carboxylic acids is 1. The first-order valence-corrected chi connectivity index (χ1v) is 13.4. The minimum Gasteiger partial charge on any atom is -0.299 e. The standard InChI is InChI=1S/C32H38N2O/c35-31(18-17-26-19-22-33(23-20-26)24-27-10-3-1-4-11-27)32-30-16-8-7-14-29(30)15-9-21-34(32)25-28-12-5-2-6-13-28/h1-8,10-14,16,26,32H,9,15,17-25H2. The minimum absolute atomic E-state index is 0.118. The lowest BCUT2D eigenvalue weighted by Gasteiger charge is -2.33. The Morgan fingerprint density at radius 2 is 1.37 bits per heavy atom. The van der Waals surface area contributed by atoms with E-state index in [0.29, 0.717) is 18.1 Å². The van der Waals surface area contributed by atoms with Crippen molar-refractivity contribution in [1.82, 2.24) is 9.80 Å². The number of hydrogen-bond donors (Lipinski definition) is 0. The molecule has 35 heavy (non-hydrogen) atoms. The lowest BCUT2D eigenvalue weighted by atomic mass is 9.88. The summed E-state index contributed by atoms with van der Waals surface area (Å²) < 4.78 is 0. The van der Waals surface area contributed by atoms with Crippen LogP contribution in [0.25, 0.3) is 0 Å². The first-order valence-electron chi connectivity index (χ1n) is 13.4. The monoisotopic (exact) mass is 466 g/mol. The lowest BCUT2D eigenvalue weighted by molar-refractivity contribution is -0.125. The van der Waals surface area contributed by atoms with E-state index in [2.05, 4.69) is 94.7 Å². The Kier molecular flexibility index (Phi) is 8.07. The molecular formula is C32H38N2O. The number of fused-ring (bicyclic) bond motifs is 1. The van der Waals surface area contributed by atoms with E-state index in [4.69, 9.17) is 0 Å². The molecule has 2 aliphatic heterocycles. The van der Waals surface area contributed by atoms with E-state index in [9.17, 15) is 4.79 Å². The fourth-order valence-corrected chi connectivity index (χ4v) is 5.95. The van der Waals surface area contributed by atoms with Crippen molar-refractivity contribution in [3.63, 3.8) is 0 Å². The topological polar surface area (TPSA) is 23.6 Å². The van der Waals surface area contributed by atoms with Crippen molar-refractivity contribution < 1.29 is 4.79 Å². The average molecular weight is 467 g/mol. The minimum atomic E-state index is -0.118. The van der Waals surface area contributed by atoms with Crippen LogP contribution < -0.4 is 0 Å². The van der Waals surface area contributed by atoms with Crippen LogP contribution in [0.3, 0.4) is 0 Å². The quantitative estimate of drug-likeness (QED) is 0.382. The summed E-state index contributed by atoms with van der Waals surface area (Å²) in [6, 6.07) is 29.9. The van der Waals surface area contributed by atoms with Crippen LogP contribution in [0.2, 0.25) is 0 Å². The van der Waals surface area contributed by atoms with Gasteiger partial charge in [-0.25, -0.2) is 0 Å². The predicted octanol–water partition coefficient (Wildman–Crippen LogP) is 6.44. The summed E-state index contributed by atoms with van der Waals surface area (Å²) >= 11 is 0. The van der Waals surface area contributed by atoms with Crippen molar-refractivity contribution in [3.05, 3.63) is 107 Å². The zero-order valence-corrected chi connectivity index (χ0v) is 20.8. The van der Waals surface area contributed by atoms with Crippen LogP contribution in [0.1, 0.15) is 60.4 Å². The average Bonchev–Trinajstić information content (AvgIpc) is 3.08. The highest BCUT2D eigenvalue weighted by Crippen LogP contribution is 2.33. The number of hydrogen-bond acceptors (Lipinski definition) is 3. The van der Waals surface area contributed by atoms with Gasteiger partial charge in [-0.15, -0.1) is 0 Å². The Labute approximate surface area is 210 Å². The second kappa shape index (κ2) is 11.8. The van der Waals surface area contributed by atoms with Gasteiger partial charge in [0.2, 0.25) is 0 Å². The maximum absolute atomic E-state index is 13.8. The number of aryl methyl sites for hydroxylation is 1. The van der Waals surface area contributed by atoms with Crippen LogP contribution in [0.5, 0.6) is 0 Å². The molecule has 5 rings (SSSR count). The molecule has 1 atom stereocenters. The fourth-order valence-electron chi connectivity index (χ4n) is 5.95. The number of piperidine rings is 1. The summed E-state index contributed by atoms with van der Waals surface area (Å²) in [6.07, 6.45) is 6.28. The Morgan fingerprint density at radius 1 is 0.743 bits per heavy atom. The molecule has 0 spiro atoms. The van der Waals surface area contributed by atoms with E-state index in [1.165, 1.54) is 35.1 Å². The first kappa shape index (κ1) is 24.0. The van der Waals surface area contributed by atoms with Crippen molar-refractivity contribution in [2.75, 3.05) is 19.6 Å². The van der Waals surface area contributed by atoms with Crippen LogP contribution >= 0.6 is 0 Å². The Morgan fingerprint density at radius 3 is 2.09 bits per heavy atom. The smallest absolute Gasteiger partial charge is 0.154 e. The number of rotatable bonds is 8. The molecule has 2 heterocycles. The Hall–Kier alpha value is -2.75. The molecule has 3 heteroatoms. The van der Waals surface area contributed by atoms with E-state index in [1.54, 1.807) is 0 Å². The number of likely N-dealkylation sites (tertiary alicyclic amines) is 1. The highest BCUT2D eigenvalue weighted by Gasteiger charge is 2.31. The highest BCUT2D eigenvalue weighted by atomic mass is 16.1. The number of ketones is 1. The second-order valence-electron chi connectivity index (χ2n) is 10.4. The third-order valence-electron chi connectivity index (χ3n) is 7.89. The third-order valence-corrected chi connectivity index (χ3v) is 7.89. The molecular weight excluding hydrogens is 428 g/mol. The molecule has 2 aliphatic rings. The van der Waals surface area contributed by atoms with Crippen molar-refractivity contribution >= 4 is 5.78 Å². The van der Waals surface area contributed by atoms with Crippen LogP contribution in [-0.4, -0.2) is 35.2 Å². The van der Waals surface area contributed by atoms with E-state index in [-0.39, 0.29) is 6.04 Å². The third kappa shape index (κ3) is 6.28. The van der Waals surface area contributed by atoms with Gasteiger partial charge in [0.15, 0.2) is 5.78 Å². The molecule has 3 nitrogen and oxygen atoms in total. The molecule has 0 amide bonds. The summed E-state index contributed by atoms with van der Waals surface area (Å²) in [5.74, 6) is 1.07. The van der Waals surface area contributed by atoms with Gasteiger partial charge in [0.05, 0.1) is 6.04 Å². The van der Waals surface area contributed by atoms with Gasteiger partial charge in [-0.1, -0.05) is 84.9 Å². The molecule has 1 saturated heterocycles. The molecule has 1 fully saturated rings. The van der Waals surface area contributed by atoms with E-state index >= 15 is 0 Å². The Bertz CT molecular complexity index is 1070. The van der Waals surface area contributed by atoms with Gasteiger partial charge in [-0.2, -0.15) is 0 Å². The van der Waals surface area contributed by atoms with Gasteiger partial charge in [-0.3, -0.25) is 14.6 Å². The predicted molar refractivity (Wildman–Crippen MR) is 143 cm³/mol. The number of nitrogens with zero attached hydrogens (tertiary/aromatic N) is 2. The van der Waals surface area contributed by atoms with Gasteiger partial charge < -0.3 is 0 Å². The molecule has 0 aromatic heterocycles. The van der Waals surface area contributed by atoms with E-state index in [1.807, 2.05) is 0 Å². The Balaban J connectivity index is 1.21. The molecule has 1 unspecified atom stereocenters. The van der Waals surface area contributed by atoms with Crippen LogP contribution in [0.4, 0.5) is 0 Å². The molecule has 0 saturated carbocycles. The van der Waals surface area contributed by atoms with Crippen molar-refractivity contribution in [2.24, 2.45) is 5.92 Å². The van der Waals surface area contributed by atoms with Crippen molar-refractivity contribution in [1.29, 1.82) is 0 Å². The lowest BCUT2D eigenvalue weighted by Crippen LogP contribution is -2.35. The molecule has 182 valence electrons. The number of carbonyl (C=O) groups is 1. The molecule has 3 aromatic carbocycles. The first-order chi connectivity index (χ1) is 17.3. The fraction of sp³-hybridized carbons (Fsp3) is 0.406. The summed E-state index contributed by atoms with van der Waals surface area (Å²) in [6.45, 7) is 5.13. The van der Waals surface area contributed by atoms with E-state index in [0.717, 1.165) is 52.0 Å². The van der Waals surface area contributed by atoms with Gasteiger partial charge in [-0.05, 0) is 79.9 Å². The molecule has 0 radical (unpaired) electrons. The molecule has 3 aromatic rings. The highest BCUT2D eigenvalue weighted by molar-refractivity contribution is 5.85. The summed E-state index contributed by atoms with van der Waals surface area (Å²) in [5.41, 5.74) is 5.28. The molecule has 0 bridgehead atoms. The van der Waals surface area contributed by atoms with E-state index < -0.39 is 0 Å². The summed E-state index contributed by atoms with van der Waals surface area (Å²) in [4.78, 5) is 18.8.